The lowest BCUT2D eigenvalue weighted by Gasteiger charge is -2.20. The third-order valence-electron chi connectivity index (χ3n) is 2.72. The van der Waals surface area contributed by atoms with Crippen LogP contribution in [0.5, 0.6) is 0 Å². The van der Waals surface area contributed by atoms with Crippen LogP contribution >= 0.6 is 11.8 Å². The van der Waals surface area contributed by atoms with E-state index in [0.29, 0.717) is 12.2 Å². The number of aliphatic hydroxyl groups is 1. The van der Waals surface area contributed by atoms with Crippen LogP contribution in [-0.4, -0.2) is 23.8 Å². The van der Waals surface area contributed by atoms with Gasteiger partial charge in [0.05, 0.1) is 24.3 Å². The molecule has 1 aromatic rings. The summed E-state index contributed by atoms with van der Waals surface area (Å²) in [7, 11) is 0. The number of aliphatic hydroxyl groups excluding tert-OH is 1. The zero-order valence-corrected chi connectivity index (χ0v) is 11.5. The smallest absolute Gasteiger partial charge is 0.338 e. The van der Waals surface area contributed by atoms with Crippen LogP contribution in [0.15, 0.2) is 18.2 Å². The predicted octanol–water partition coefficient (Wildman–Crippen LogP) is 2.34. The highest BCUT2D eigenvalue weighted by molar-refractivity contribution is 6.13. The molecule has 100 valence electrons. The van der Waals surface area contributed by atoms with Gasteiger partial charge in [0, 0.05) is 0 Å². The number of carbonyl (C=O) groups is 1. The Morgan fingerprint density at radius 1 is 1.56 bits per heavy atom. The monoisotopic (exact) mass is 271 g/mol. The van der Waals surface area contributed by atoms with Crippen molar-refractivity contribution in [3.63, 3.8) is 0 Å². The Morgan fingerprint density at radius 2 is 2.22 bits per heavy atom. The van der Waals surface area contributed by atoms with Gasteiger partial charge in [-0.3, -0.25) is 0 Å². The predicted molar refractivity (Wildman–Crippen MR) is 70.5 cm³/mol. The summed E-state index contributed by atoms with van der Waals surface area (Å²) in [5.41, 5.74) is 2.23. The van der Waals surface area contributed by atoms with E-state index in [-0.39, 0.29) is 12.0 Å². The third-order valence-corrected chi connectivity index (χ3v) is 2.95. The van der Waals surface area contributed by atoms with Gasteiger partial charge in [-0.05, 0) is 55.8 Å². The Hall–Kier alpha value is -1.10. The molecule has 4 nitrogen and oxygen atoms in total. The number of rotatable bonds is 5. The Kier molecular flexibility index (Phi) is 5.59. The molecule has 0 aromatic heterocycles. The van der Waals surface area contributed by atoms with Gasteiger partial charge in [-0.2, -0.15) is 0 Å². The van der Waals surface area contributed by atoms with Gasteiger partial charge in [-0.15, -0.1) is 0 Å². The van der Waals surface area contributed by atoms with Crippen molar-refractivity contribution < 1.29 is 14.6 Å². The minimum Gasteiger partial charge on any atom is -0.462 e. The number of hydrogen-bond acceptors (Lipinski definition) is 4. The summed E-state index contributed by atoms with van der Waals surface area (Å²) in [4.78, 5) is 14.1. The van der Waals surface area contributed by atoms with Gasteiger partial charge >= 0.3 is 5.97 Å². The summed E-state index contributed by atoms with van der Waals surface area (Å²) in [6, 6.07) is 4.80. The molecule has 0 bridgehead atoms. The zero-order chi connectivity index (χ0) is 13.7. The first-order valence-corrected chi connectivity index (χ1v) is 6.21. The van der Waals surface area contributed by atoms with Crippen molar-refractivity contribution in [1.82, 2.24) is 4.84 Å². The normalized spacial score (nSPS) is 14.1. The van der Waals surface area contributed by atoms with Crippen LogP contribution in [0.25, 0.3) is 0 Å². The fraction of sp³-hybridized carbons (Fsp3) is 0.462. The molecular weight excluding hydrogens is 254 g/mol. The van der Waals surface area contributed by atoms with Gasteiger partial charge in [0.15, 0.2) is 0 Å². The van der Waals surface area contributed by atoms with E-state index in [9.17, 15) is 9.90 Å². The second-order valence-electron chi connectivity index (χ2n) is 4.12. The van der Waals surface area contributed by atoms with E-state index in [2.05, 4.69) is 4.84 Å². The molecule has 0 aliphatic rings. The summed E-state index contributed by atoms with van der Waals surface area (Å²) in [6.07, 6.45) is -0.630. The highest BCUT2D eigenvalue weighted by atomic mass is 35.5. The second-order valence-corrected chi connectivity index (χ2v) is 4.34. The lowest BCUT2D eigenvalue weighted by molar-refractivity contribution is 0.0526. The van der Waals surface area contributed by atoms with E-state index < -0.39 is 6.10 Å². The van der Waals surface area contributed by atoms with E-state index in [1.165, 1.54) is 0 Å². The molecule has 5 heteroatoms. The van der Waals surface area contributed by atoms with Crippen LogP contribution in [-0.2, 0) is 4.74 Å². The van der Waals surface area contributed by atoms with Crippen LogP contribution in [0.3, 0.4) is 0 Å². The fourth-order valence-electron chi connectivity index (χ4n) is 1.78. The summed E-state index contributed by atoms with van der Waals surface area (Å²) in [6.45, 7) is 5.62. The van der Waals surface area contributed by atoms with Crippen molar-refractivity contribution >= 4 is 17.7 Å². The third kappa shape index (κ3) is 3.45. The molecule has 0 radical (unpaired) electrons. The molecule has 0 aliphatic heterocycles. The SMILES string of the molecule is CCOC(=O)c1ccc([C@@H](NCl)[C@@H](C)O)c(C)c1. The van der Waals surface area contributed by atoms with E-state index in [1.54, 1.807) is 32.0 Å². The van der Waals surface area contributed by atoms with Crippen LogP contribution in [0, 0.1) is 6.92 Å². The molecule has 0 saturated heterocycles. The maximum atomic E-state index is 11.6. The molecule has 0 heterocycles. The quantitative estimate of drug-likeness (QED) is 0.637. The van der Waals surface area contributed by atoms with Crippen LogP contribution < -0.4 is 4.84 Å². The van der Waals surface area contributed by atoms with Crippen molar-refractivity contribution in [2.75, 3.05) is 6.61 Å². The number of aryl methyl sites for hydroxylation is 1. The van der Waals surface area contributed by atoms with Gasteiger partial charge in [0.2, 0.25) is 0 Å². The average molecular weight is 272 g/mol. The Bertz CT molecular complexity index is 421. The molecule has 2 N–H and O–H groups in total. The standard InChI is InChI=1S/C13H18ClNO3/c1-4-18-13(17)10-5-6-11(8(2)7-10)12(15-14)9(3)16/h5-7,9,12,15-16H,4H2,1-3H3/t9-,12+/m1/s1. The molecule has 0 saturated carbocycles. The van der Waals surface area contributed by atoms with E-state index in [4.69, 9.17) is 16.5 Å². The largest absolute Gasteiger partial charge is 0.462 e. The zero-order valence-electron chi connectivity index (χ0n) is 10.7. The molecule has 1 rings (SSSR count). The molecular formula is C13H18ClNO3. The highest BCUT2D eigenvalue weighted by Gasteiger charge is 2.19. The Labute approximate surface area is 112 Å². The molecule has 0 fully saturated rings. The number of halogens is 1. The maximum absolute atomic E-state index is 11.6. The number of benzene rings is 1. The first-order valence-electron chi connectivity index (χ1n) is 5.83. The lowest BCUT2D eigenvalue weighted by atomic mass is 9.96. The number of nitrogens with one attached hydrogen (secondary N) is 1. The summed E-state index contributed by atoms with van der Waals surface area (Å²) >= 11 is 5.62. The van der Waals surface area contributed by atoms with Crippen LogP contribution in [0.1, 0.15) is 41.4 Å². The van der Waals surface area contributed by atoms with E-state index in [1.807, 2.05) is 6.92 Å². The minimum atomic E-state index is -0.630. The number of carbonyl (C=O) groups excluding carboxylic acids is 1. The Balaban J connectivity index is 3.02. The van der Waals surface area contributed by atoms with Crippen LogP contribution in [0.4, 0.5) is 0 Å². The molecule has 0 unspecified atom stereocenters. The second kappa shape index (κ2) is 6.73. The Morgan fingerprint density at radius 3 is 2.67 bits per heavy atom. The molecule has 18 heavy (non-hydrogen) atoms. The molecule has 2 atom stereocenters. The van der Waals surface area contributed by atoms with Gasteiger partial charge in [0.1, 0.15) is 0 Å². The topological polar surface area (TPSA) is 58.6 Å². The summed E-state index contributed by atoms with van der Waals surface area (Å²) < 4.78 is 4.93. The lowest BCUT2D eigenvalue weighted by Crippen LogP contribution is -2.24. The van der Waals surface area contributed by atoms with Crippen molar-refractivity contribution in [2.24, 2.45) is 0 Å². The number of ether oxygens (including phenoxy) is 1. The molecule has 0 spiro atoms. The summed E-state index contributed by atoms with van der Waals surface area (Å²) in [5, 5.41) is 9.61. The van der Waals surface area contributed by atoms with E-state index in [0.717, 1.165) is 11.1 Å². The van der Waals surface area contributed by atoms with Crippen molar-refractivity contribution in [3.05, 3.63) is 34.9 Å². The summed E-state index contributed by atoms with van der Waals surface area (Å²) in [5.74, 6) is -0.348. The minimum absolute atomic E-state index is 0.346. The molecule has 1 aromatic carbocycles. The molecule has 0 aliphatic carbocycles. The van der Waals surface area contributed by atoms with Crippen molar-refractivity contribution in [3.8, 4) is 0 Å². The average Bonchev–Trinajstić information content (AvgIpc) is 2.31. The first kappa shape index (κ1) is 15.0. The maximum Gasteiger partial charge on any atom is 0.338 e. The van der Waals surface area contributed by atoms with E-state index >= 15 is 0 Å². The van der Waals surface area contributed by atoms with Crippen molar-refractivity contribution in [1.29, 1.82) is 0 Å². The van der Waals surface area contributed by atoms with Gasteiger partial charge in [-0.25, -0.2) is 9.63 Å². The van der Waals surface area contributed by atoms with Crippen molar-refractivity contribution in [2.45, 2.75) is 32.9 Å². The highest BCUT2D eigenvalue weighted by Crippen LogP contribution is 2.23. The number of esters is 1. The molecule has 0 amide bonds. The van der Waals surface area contributed by atoms with Gasteiger partial charge in [-0.1, -0.05) is 6.07 Å². The van der Waals surface area contributed by atoms with Gasteiger partial charge in [0.25, 0.3) is 0 Å². The number of hydrogen-bond donors (Lipinski definition) is 2. The first-order chi connectivity index (χ1) is 8.51. The fourth-order valence-corrected chi connectivity index (χ4v) is 2.08. The van der Waals surface area contributed by atoms with Gasteiger partial charge < -0.3 is 9.84 Å². The van der Waals surface area contributed by atoms with Crippen LogP contribution in [0.2, 0.25) is 0 Å².